The average Bonchev–Trinajstić information content (AvgIpc) is 2.90. The number of halogens is 1. The van der Waals surface area contributed by atoms with Gasteiger partial charge in [-0.05, 0) is 37.9 Å². The first-order valence-electron chi connectivity index (χ1n) is 7.23. The third-order valence-electron chi connectivity index (χ3n) is 4.45. The van der Waals surface area contributed by atoms with Crippen LogP contribution in [0.2, 0.25) is 0 Å². The van der Waals surface area contributed by atoms with Gasteiger partial charge in [0, 0.05) is 19.6 Å². The van der Waals surface area contributed by atoms with E-state index in [0.29, 0.717) is 12.5 Å². The van der Waals surface area contributed by atoms with Crippen molar-refractivity contribution >= 4 is 0 Å². The number of ether oxygens (including phenoxy) is 2. The summed E-state index contributed by atoms with van der Waals surface area (Å²) in [6, 6.07) is 3.38. The second-order valence-corrected chi connectivity index (χ2v) is 5.75. The quantitative estimate of drug-likeness (QED) is 0.920. The van der Waals surface area contributed by atoms with E-state index >= 15 is 0 Å². The van der Waals surface area contributed by atoms with E-state index in [-0.39, 0.29) is 17.5 Å². The highest BCUT2D eigenvalue weighted by Crippen LogP contribution is 2.40. The highest BCUT2D eigenvalue weighted by atomic mass is 19.1. The van der Waals surface area contributed by atoms with Crippen molar-refractivity contribution in [3.8, 4) is 0 Å². The fourth-order valence-electron chi connectivity index (χ4n) is 3.41. The Hall–Kier alpha value is -1.04. The van der Waals surface area contributed by atoms with Crippen molar-refractivity contribution in [1.29, 1.82) is 0 Å². The lowest BCUT2D eigenvalue weighted by molar-refractivity contribution is -0.103. The van der Waals surface area contributed by atoms with Crippen LogP contribution in [0.25, 0.3) is 0 Å². The third-order valence-corrected chi connectivity index (χ3v) is 4.45. The molecule has 110 valence electrons. The molecule has 0 radical (unpaired) electrons. The highest BCUT2D eigenvalue weighted by Gasteiger charge is 2.43. The maximum absolute atomic E-state index is 13.0. The predicted octanol–water partition coefficient (Wildman–Crippen LogP) is 2.07. The van der Waals surface area contributed by atoms with E-state index in [4.69, 9.17) is 9.47 Å². The third kappa shape index (κ3) is 2.71. The maximum Gasteiger partial charge on any atom is 0.141 e. The molecule has 0 saturated carbocycles. The maximum atomic E-state index is 13.0. The van der Waals surface area contributed by atoms with Gasteiger partial charge in [0.25, 0.3) is 0 Å². The Morgan fingerprint density at radius 1 is 1.45 bits per heavy atom. The molecule has 1 aromatic heterocycles. The Morgan fingerprint density at radius 3 is 3.00 bits per heavy atom. The minimum atomic E-state index is -0.295. The van der Waals surface area contributed by atoms with E-state index in [9.17, 15) is 4.39 Å². The van der Waals surface area contributed by atoms with Crippen molar-refractivity contribution in [2.75, 3.05) is 26.9 Å². The monoisotopic (exact) mass is 280 g/mol. The molecule has 2 aliphatic heterocycles. The second-order valence-electron chi connectivity index (χ2n) is 5.75. The number of aromatic nitrogens is 1. The van der Waals surface area contributed by atoms with Crippen LogP contribution in [0.15, 0.2) is 18.3 Å². The molecular formula is C15H21FN2O2. The summed E-state index contributed by atoms with van der Waals surface area (Å²) in [5.41, 5.74) is 0.785. The Kier molecular flexibility index (Phi) is 4.01. The fourth-order valence-corrected chi connectivity index (χ4v) is 3.41. The largest absolute Gasteiger partial charge is 0.378 e. The van der Waals surface area contributed by atoms with Gasteiger partial charge in [-0.25, -0.2) is 4.39 Å². The van der Waals surface area contributed by atoms with Gasteiger partial charge in [0.2, 0.25) is 0 Å². The lowest BCUT2D eigenvalue weighted by Gasteiger charge is -2.40. The molecule has 2 fully saturated rings. The molecular weight excluding hydrogens is 259 g/mol. The molecule has 0 aliphatic carbocycles. The zero-order chi connectivity index (χ0) is 14.0. The number of hydrogen-bond acceptors (Lipinski definition) is 4. The minimum Gasteiger partial charge on any atom is -0.378 e. The van der Waals surface area contributed by atoms with Crippen LogP contribution in [-0.4, -0.2) is 37.5 Å². The Balaban J connectivity index is 1.76. The van der Waals surface area contributed by atoms with Gasteiger partial charge >= 0.3 is 0 Å². The summed E-state index contributed by atoms with van der Waals surface area (Å²) in [6.45, 7) is 2.23. The lowest BCUT2D eigenvalue weighted by atomic mass is 9.80. The van der Waals surface area contributed by atoms with Crippen LogP contribution in [0.1, 0.15) is 31.0 Å². The van der Waals surface area contributed by atoms with E-state index < -0.39 is 0 Å². The van der Waals surface area contributed by atoms with Crippen LogP contribution in [0.4, 0.5) is 4.39 Å². The molecule has 3 heterocycles. The molecule has 2 aliphatic rings. The summed E-state index contributed by atoms with van der Waals surface area (Å²) >= 11 is 0. The van der Waals surface area contributed by atoms with Gasteiger partial charge in [0.15, 0.2) is 0 Å². The summed E-state index contributed by atoms with van der Waals surface area (Å²) in [5, 5.41) is 3.33. The smallest absolute Gasteiger partial charge is 0.141 e. The first-order chi connectivity index (χ1) is 9.72. The van der Waals surface area contributed by atoms with E-state index in [1.165, 1.54) is 12.3 Å². The topological polar surface area (TPSA) is 43.4 Å². The Bertz CT molecular complexity index is 446. The summed E-state index contributed by atoms with van der Waals surface area (Å²) in [7, 11) is 1.93. The van der Waals surface area contributed by atoms with E-state index in [0.717, 1.165) is 38.2 Å². The molecule has 2 saturated heterocycles. The first kappa shape index (κ1) is 13.9. The summed E-state index contributed by atoms with van der Waals surface area (Å²) in [5.74, 6) is 0.143. The SMILES string of the molecule is CNC(c1ccc(F)cn1)C1CCOC2(CCOC2)C1. The molecule has 3 rings (SSSR count). The molecule has 0 bridgehead atoms. The van der Waals surface area contributed by atoms with Gasteiger partial charge < -0.3 is 14.8 Å². The summed E-state index contributed by atoms with van der Waals surface area (Å²) < 4.78 is 24.5. The Labute approximate surface area is 118 Å². The second kappa shape index (κ2) is 5.76. The van der Waals surface area contributed by atoms with Gasteiger partial charge in [-0.1, -0.05) is 0 Å². The van der Waals surface area contributed by atoms with Crippen molar-refractivity contribution < 1.29 is 13.9 Å². The van der Waals surface area contributed by atoms with Crippen LogP contribution in [0.5, 0.6) is 0 Å². The fraction of sp³-hybridized carbons (Fsp3) is 0.667. The lowest BCUT2D eigenvalue weighted by Crippen LogP contribution is -2.43. The van der Waals surface area contributed by atoms with Crippen LogP contribution < -0.4 is 5.32 Å². The van der Waals surface area contributed by atoms with Crippen molar-refractivity contribution in [2.45, 2.75) is 30.9 Å². The number of hydrogen-bond donors (Lipinski definition) is 1. The number of nitrogens with zero attached hydrogens (tertiary/aromatic N) is 1. The standard InChI is InChI=1S/C15H21FN2O2/c1-17-14(13-3-2-12(16)9-18-13)11-4-6-20-15(8-11)5-7-19-10-15/h2-3,9,11,14,17H,4-8,10H2,1H3. The van der Waals surface area contributed by atoms with Crippen LogP contribution >= 0.6 is 0 Å². The van der Waals surface area contributed by atoms with Crippen molar-refractivity contribution in [2.24, 2.45) is 5.92 Å². The number of pyridine rings is 1. The highest BCUT2D eigenvalue weighted by molar-refractivity contribution is 5.12. The Morgan fingerprint density at radius 2 is 2.35 bits per heavy atom. The average molecular weight is 280 g/mol. The van der Waals surface area contributed by atoms with E-state index in [2.05, 4.69) is 10.3 Å². The molecule has 1 spiro atoms. The van der Waals surface area contributed by atoms with E-state index in [1.54, 1.807) is 6.07 Å². The molecule has 20 heavy (non-hydrogen) atoms. The van der Waals surface area contributed by atoms with Gasteiger partial charge in [0.1, 0.15) is 5.82 Å². The summed E-state index contributed by atoms with van der Waals surface area (Å²) in [4.78, 5) is 4.23. The molecule has 1 aromatic rings. The first-order valence-corrected chi connectivity index (χ1v) is 7.23. The molecule has 1 N–H and O–H groups in total. The molecule has 5 heteroatoms. The van der Waals surface area contributed by atoms with Gasteiger partial charge in [-0.3, -0.25) is 4.98 Å². The van der Waals surface area contributed by atoms with E-state index in [1.807, 2.05) is 7.05 Å². The van der Waals surface area contributed by atoms with Crippen molar-refractivity contribution in [3.05, 3.63) is 29.8 Å². The van der Waals surface area contributed by atoms with Crippen LogP contribution in [-0.2, 0) is 9.47 Å². The van der Waals surface area contributed by atoms with Crippen molar-refractivity contribution in [1.82, 2.24) is 10.3 Å². The van der Waals surface area contributed by atoms with Crippen molar-refractivity contribution in [3.63, 3.8) is 0 Å². The van der Waals surface area contributed by atoms with Crippen LogP contribution in [0.3, 0.4) is 0 Å². The van der Waals surface area contributed by atoms with Crippen LogP contribution in [0, 0.1) is 11.7 Å². The van der Waals surface area contributed by atoms with Gasteiger partial charge in [0.05, 0.1) is 30.1 Å². The normalized spacial score (nSPS) is 31.6. The molecule has 0 aromatic carbocycles. The summed E-state index contributed by atoms with van der Waals surface area (Å²) in [6.07, 6.45) is 4.22. The number of nitrogens with one attached hydrogen (secondary N) is 1. The zero-order valence-electron chi connectivity index (χ0n) is 11.8. The minimum absolute atomic E-state index is 0.113. The van der Waals surface area contributed by atoms with Gasteiger partial charge in [-0.2, -0.15) is 0 Å². The zero-order valence-corrected chi connectivity index (χ0v) is 11.8. The number of rotatable bonds is 3. The molecule has 3 unspecified atom stereocenters. The predicted molar refractivity (Wildman–Crippen MR) is 72.8 cm³/mol. The molecule has 3 atom stereocenters. The van der Waals surface area contributed by atoms with Gasteiger partial charge in [-0.15, -0.1) is 0 Å². The molecule has 4 nitrogen and oxygen atoms in total. The molecule has 0 amide bonds.